The lowest BCUT2D eigenvalue weighted by atomic mass is 10.1. The molecule has 0 aliphatic carbocycles. The van der Waals surface area contributed by atoms with E-state index in [9.17, 15) is 14.5 Å². The van der Waals surface area contributed by atoms with E-state index in [0.29, 0.717) is 23.1 Å². The van der Waals surface area contributed by atoms with Gasteiger partial charge in [0.25, 0.3) is 0 Å². The molecule has 0 saturated heterocycles. The van der Waals surface area contributed by atoms with E-state index in [-0.39, 0.29) is 6.04 Å². The van der Waals surface area contributed by atoms with Crippen molar-refractivity contribution in [3.63, 3.8) is 0 Å². The summed E-state index contributed by atoms with van der Waals surface area (Å²) in [4.78, 5) is 19.2. The largest absolute Gasteiger partial charge is 0.352 e. The molecule has 0 unspecified atom stereocenters. The van der Waals surface area contributed by atoms with Crippen molar-refractivity contribution in [1.29, 1.82) is 0 Å². The summed E-state index contributed by atoms with van der Waals surface area (Å²) in [5.74, 6) is -0.00212. The Labute approximate surface area is 161 Å². The second-order valence-electron chi connectivity index (χ2n) is 6.33. The SMILES string of the molecule is CC[C@@H](C)Nc1nc(Nc2ccc(F)c([N+](=O)[O-])c2)cc(-c2ccccc2)n1. The number of aromatic nitrogens is 2. The second-order valence-corrected chi connectivity index (χ2v) is 6.33. The van der Waals surface area contributed by atoms with Crippen molar-refractivity contribution in [1.82, 2.24) is 9.97 Å². The van der Waals surface area contributed by atoms with E-state index in [1.165, 1.54) is 6.07 Å². The van der Waals surface area contributed by atoms with Crippen LogP contribution >= 0.6 is 0 Å². The third kappa shape index (κ3) is 4.59. The molecule has 0 radical (unpaired) electrons. The molecule has 8 heteroatoms. The van der Waals surface area contributed by atoms with Gasteiger partial charge in [-0.2, -0.15) is 9.37 Å². The summed E-state index contributed by atoms with van der Waals surface area (Å²) < 4.78 is 13.6. The zero-order chi connectivity index (χ0) is 20.1. The third-order valence-electron chi connectivity index (χ3n) is 4.20. The molecule has 144 valence electrons. The Morgan fingerprint density at radius 2 is 1.89 bits per heavy atom. The Morgan fingerprint density at radius 1 is 1.14 bits per heavy atom. The summed E-state index contributed by atoms with van der Waals surface area (Å²) >= 11 is 0. The Morgan fingerprint density at radius 3 is 2.57 bits per heavy atom. The van der Waals surface area contributed by atoms with Crippen molar-refractivity contribution in [2.24, 2.45) is 0 Å². The minimum Gasteiger partial charge on any atom is -0.352 e. The van der Waals surface area contributed by atoms with Crippen molar-refractivity contribution >= 4 is 23.1 Å². The van der Waals surface area contributed by atoms with E-state index in [4.69, 9.17) is 0 Å². The molecule has 0 bridgehead atoms. The Kier molecular flexibility index (Phi) is 5.78. The predicted molar refractivity (Wildman–Crippen MR) is 107 cm³/mol. The highest BCUT2D eigenvalue weighted by atomic mass is 19.1. The predicted octanol–water partition coefficient (Wildman–Crippen LogP) is 5.14. The van der Waals surface area contributed by atoms with Gasteiger partial charge in [0, 0.05) is 29.4 Å². The number of halogens is 1. The van der Waals surface area contributed by atoms with Gasteiger partial charge in [-0.25, -0.2) is 4.98 Å². The van der Waals surface area contributed by atoms with Crippen LogP contribution in [0, 0.1) is 15.9 Å². The molecule has 1 aromatic heterocycles. The van der Waals surface area contributed by atoms with E-state index in [2.05, 4.69) is 27.5 Å². The highest BCUT2D eigenvalue weighted by Crippen LogP contribution is 2.27. The van der Waals surface area contributed by atoms with Crippen LogP contribution in [0.25, 0.3) is 11.3 Å². The van der Waals surface area contributed by atoms with E-state index in [0.717, 1.165) is 24.1 Å². The van der Waals surface area contributed by atoms with Gasteiger partial charge in [-0.05, 0) is 25.5 Å². The topological polar surface area (TPSA) is 93.0 Å². The maximum atomic E-state index is 13.6. The molecule has 0 fully saturated rings. The van der Waals surface area contributed by atoms with Crippen molar-refractivity contribution in [2.75, 3.05) is 10.6 Å². The van der Waals surface area contributed by atoms with Gasteiger partial charge in [-0.15, -0.1) is 0 Å². The quantitative estimate of drug-likeness (QED) is 0.434. The maximum Gasteiger partial charge on any atom is 0.306 e. The van der Waals surface area contributed by atoms with Crippen LogP contribution in [0.2, 0.25) is 0 Å². The van der Waals surface area contributed by atoms with Crippen LogP contribution < -0.4 is 10.6 Å². The van der Waals surface area contributed by atoms with Gasteiger partial charge in [0.1, 0.15) is 5.82 Å². The van der Waals surface area contributed by atoms with Crippen molar-refractivity contribution in [2.45, 2.75) is 26.3 Å². The summed E-state index contributed by atoms with van der Waals surface area (Å²) in [6, 6.07) is 15.1. The van der Waals surface area contributed by atoms with Gasteiger partial charge < -0.3 is 10.6 Å². The highest BCUT2D eigenvalue weighted by molar-refractivity contribution is 5.68. The number of nitro groups is 1. The Bertz CT molecular complexity index is 982. The molecule has 0 aliphatic heterocycles. The van der Waals surface area contributed by atoms with E-state index >= 15 is 0 Å². The van der Waals surface area contributed by atoms with E-state index < -0.39 is 16.4 Å². The van der Waals surface area contributed by atoms with Gasteiger partial charge in [0.2, 0.25) is 11.8 Å². The lowest BCUT2D eigenvalue weighted by molar-refractivity contribution is -0.387. The number of rotatable bonds is 7. The number of hydrogen-bond acceptors (Lipinski definition) is 6. The summed E-state index contributed by atoms with van der Waals surface area (Å²) in [5, 5.41) is 17.2. The molecule has 28 heavy (non-hydrogen) atoms. The monoisotopic (exact) mass is 381 g/mol. The number of nitrogens with zero attached hydrogens (tertiary/aromatic N) is 3. The number of nitrogens with one attached hydrogen (secondary N) is 2. The zero-order valence-electron chi connectivity index (χ0n) is 15.5. The summed E-state index contributed by atoms with van der Waals surface area (Å²) in [5.41, 5.74) is 1.37. The van der Waals surface area contributed by atoms with Crippen LogP contribution in [0.5, 0.6) is 0 Å². The summed E-state index contributed by atoms with van der Waals surface area (Å²) in [6.07, 6.45) is 0.895. The molecule has 0 aliphatic rings. The minimum atomic E-state index is -0.887. The zero-order valence-corrected chi connectivity index (χ0v) is 15.5. The minimum absolute atomic E-state index is 0.172. The van der Waals surface area contributed by atoms with Gasteiger partial charge in [-0.3, -0.25) is 10.1 Å². The van der Waals surface area contributed by atoms with Crippen LogP contribution in [0.1, 0.15) is 20.3 Å². The van der Waals surface area contributed by atoms with Crippen molar-refractivity contribution < 1.29 is 9.31 Å². The molecule has 0 amide bonds. The third-order valence-corrected chi connectivity index (χ3v) is 4.20. The van der Waals surface area contributed by atoms with Gasteiger partial charge in [0.05, 0.1) is 10.6 Å². The van der Waals surface area contributed by atoms with Crippen molar-refractivity contribution in [3.8, 4) is 11.3 Å². The van der Waals surface area contributed by atoms with Crippen LogP contribution in [0.15, 0.2) is 54.6 Å². The average Bonchev–Trinajstić information content (AvgIpc) is 2.69. The normalized spacial score (nSPS) is 11.7. The van der Waals surface area contributed by atoms with Gasteiger partial charge >= 0.3 is 5.69 Å². The number of benzene rings is 2. The number of hydrogen-bond donors (Lipinski definition) is 2. The smallest absolute Gasteiger partial charge is 0.306 e. The fraction of sp³-hybridized carbons (Fsp3) is 0.200. The lowest BCUT2D eigenvalue weighted by Crippen LogP contribution is -2.16. The first-order chi connectivity index (χ1) is 13.5. The fourth-order valence-corrected chi connectivity index (χ4v) is 2.53. The first kappa shape index (κ1) is 19.2. The molecule has 0 saturated carbocycles. The summed E-state index contributed by atoms with van der Waals surface area (Å²) in [7, 11) is 0. The van der Waals surface area contributed by atoms with Gasteiger partial charge in [0.15, 0.2) is 0 Å². The van der Waals surface area contributed by atoms with Crippen LogP contribution in [0.3, 0.4) is 0 Å². The standard InChI is InChI=1S/C20H20FN5O2/c1-3-13(2)22-20-24-17(14-7-5-4-6-8-14)12-19(25-20)23-15-9-10-16(21)18(11-15)26(27)28/h4-13H,3H2,1-2H3,(H2,22,23,24,25)/t13-/m1/s1. The molecular weight excluding hydrogens is 361 g/mol. The molecular formula is C20H20FN5O2. The number of anilines is 3. The Balaban J connectivity index is 1.98. The molecule has 1 atom stereocenters. The molecule has 2 aromatic carbocycles. The molecule has 7 nitrogen and oxygen atoms in total. The molecule has 0 spiro atoms. The van der Waals surface area contributed by atoms with Crippen LogP contribution in [-0.4, -0.2) is 20.9 Å². The first-order valence-electron chi connectivity index (χ1n) is 8.88. The first-order valence-corrected chi connectivity index (χ1v) is 8.88. The number of nitro benzene ring substituents is 1. The highest BCUT2D eigenvalue weighted by Gasteiger charge is 2.15. The van der Waals surface area contributed by atoms with Crippen molar-refractivity contribution in [3.05, 3.63) is 70.5 Å². The molecule has 2 N–H and O–H groups in total. The summed E-state index contributed by atoms with van der Waals surface area (Å²) in [6.45, 7) is 4.07. The second kappa shape index (κ2) is 8.43. The van der Waals surface area contributed by atoms with E-state index in [1.54, 1.807) is 6.07 Å². The molecule has 1 heterocycles. The molecule has 3 rings (SSSR count). The van der Waals surface area contributed by atoms with E-state index in [1.807, 2.05) is 37.3 Å². The Hall–Kier alpha value is -3.55. The maximum absolute atomic E-state index is 13.6. The average molecular weight is 381 g/mol. The van der Waals surface area contributed by atoms with Crippen LogP contribution in [-0.2, 0) is 0 Å². The molecule has 3 aromatic rings. The lowest BCUT2D eigenvalue weighted by Gasteiger charge is -2.14. The fourth-order valence-electron chi connectivity index (χ4n) is 2.53. The van der Waals surface area contributed by atoms with Crippen LogP contribution in [0.4, 0.5) is 27.5 Å². The van der Waals surface area contributed by atoms with Gasteiger partial charge in [-0.1, -0.05) is 37.3 Å².